The molecular formula is C28H22N2O3S. The molecule has 0 atom stereocenters. The molecule has 0 fully saturated rings. The summed E-state index contributed by atoms with van der Waals surface area (Å²) in [4.78, 5) is 4.94. The summed E-state index contributed by atoms with van der Waals surface area (Å²) in [5.41, 5.74) is 3.46. The summed E-state index contributed by atoms with van der Waals surface area (Å²) in [7, 11) is -3.72. The monoisotopic (exact) mass is 466 g/mol. The predicted molar refractivity (Wildman–Crippen MR) is 134 cm³/mol. The van der Waals surface area contributed by atoms with Gasteiger partial charge in [0.1, 0.15) is 11.5 Å². The molecule has 0 aliphatic rings. The number of ether oxygens (including phenoxy) is 1. The lowest BCUT2D eigenvalue weighted by atomic mass is 10.0. The van der Waals surface area contributed by atoms with E-state index in [0.29, 0.717) is 11.5 Å². The molecule has 1 heterocycles. The summed E-state index contributed by atoms with van der Waals surface area (Å²) >= 11 is 0. The highest BCUT2D eigenvalue weighted by Crippen LogP contribution is 2.26. The number of aromatic nitrogens is 1. The predicted octanol–water partition coefficient (Wildman–Crippen LogP) is 6.17. The third-order valence-electron chi connectivity index (χ3n) is 5.44. The molecule has 0 radical (unpaired) electrons. The molecule has 5 rings (SSSR count). The molecule has 0 aliphatic carbocycles. The SMILES string of the molecule is O=S(=O)(NCc1cc(-c2ccccc2)nc2ccccc12)c1ccc(Oc2ccccc2)cc1. The van der Waals surface area contributed by atoms with Crippen molar-refractivity contribution in [3.63, 3.8) is 0 Å². The van der Waals surface area contributed by atoms with Gasteiger partial charge in [-0.2, -0.15) is 0 Å². The minimum absolute atomic E-state index is 0.146. The zero-order valence-corrected chi connectivity index (χ0v) is 19.1. The van der Waals surface area contributed by atoms with Gasteiger partial charge in [0, 0.05) is 17.5 Å². The van der Waals surface area contributed by atoms with Gasteiger partial charge in [0.15, 0.2) is 0 Å². The highest BCUT2D eigenvalue weighted by atomic mass is 32.2. The number of rotatable bonds is 7. The summed E-state index contributed by atoms with van der Waals surface area (Å²) < 4.78 is 34.5. The fourth-order valence-electron chi connectivity index (χ4n) is 3.72. The smallest absolute Gasteiger partial charge is 0.240 e. The van der Waals surface area contributed by atoms with E-state index in [9.17, 15) is 8.42 Å². The van der Waals surface area contributed by atoms with Crippen LogP contribution >= 0.6 is 0 Å². The van der Waals surface area contributed by atoms with Crippen LogP contribution < -0.4 is 9.46 Å². The number of nitrogens with zero attached hydrogens (tertiary/aromatic N) is 1. The molecule has 0 amide bonds. The van der Waals surface area contributed by atoms with Gasteiger partial charge in [-0.15, -0.1) is 0 Å². The van der Waals surface area contributed by atoms with Crippen LogP contribution in [0.1, 0.15) is 5.56 Å². The molecule has 0 spiro atoms. The Hall–Kier alpha value is -4.00. The zero-order valence-electron chi connectivity index (χ0n) is 18.3. The number of sulfonamides is 1. The standard InChI is InChI=1S/C28H22N2O3S/c31-34(32,25-17-15-24(16-18-25)33-23-11-5-2-6-12-23)29-20-22-19-28(21-9-3-1-4-10-21)30-27-14-8-7-13-26(22)27/h1-19,29H,20H2. The highest BCUT2D eigenvalue weighted by Gasteiger charge is 2.16. The number of nitrogens with one attached hydrogen (secondary N) is 1. The minimum atomic E-state index is -3.72. The van der Waals surface area contributed by atoms with E-state index in [1.165, 1.54) is 0 Å². The van der Waals surface area contributed by atoms with Crippen molar-refractivity contribution >= 4 is 20.9 Å². The number of para-hydroxylation sites is 2. The van der Waals surface area contributed by atoms with Crippen molar-refractivity contribution in [3.8, 4) is 22.8 Å². The second kappa shape index (κ2) is 9.47. The van der Waals surface area contributed by atoms with E-state index in [1.54, 1.807) is 24.3 Å². The first kappa shape index (κ1) is 21.8. The summed E-state index contributed by atoms with van der Waals surface area (Å²) in [6.07, 6.45) is 0. The first-order chi connectivity index (χ1) is 16.6. The molecule has 1 N–H and O–H groups in total. The van der Waals surface area contributed by atoms with Crippen molar-refractivity contribution in [1.82, 2.24) is 9.71 Å². The fourth-order valence-corrected chi connectivity index (χ4v) is 4.72. The molecule has 0 aliphatic heterocycles. The van der Waals surface area contributed by atoms with Crippen molar-refractivity contribution in [2.75, 3.05) is 0 Å². The first-order valence-corrected chi connectivity index (χ1v) is 12.3. The van der Waals surface area contributed by atoms with Crippen molar-refractivity contribution in [1.29, 1.82) is 0 Å². The maximum Gasteiger partial charge on any atom is 0.240 e. The van der Waals surface area contributed by atoms with Gasteiger partial charge in [-0.05, 0) is 54.1 Å². The van der Waals surface area contributed by atoms with Gasteiger partial charge in [0.25, 0.3) is 0 Å². The Morgan fingerprint density at radius 1 is 0.706 bits per heavy atom. The Labute approximate surface area is 198 Å². The molecule has 0 bridgehead atoms. The molecule has 5 aromatic rings. The third-order valence-corrected chi connectivity index (χ3v) is 6.85. The maximum absolute atomic E-state index is 13.0. The van der Waals surface area contributed by atoms with Crippen LogP contribution in [0.3, 0.4) is 0 Å². The normalized spacial score (nSPS) is 11.4. The Balaban J connectivity index is 1.38. The van der Waals surface area contributed by atoms with Gasteiger partial charge in [-0.3, -0.25) is 0 Å². The van der Waals surface area contributed by atoms with E-state index < -0.39 is 10.0 Å². The quantitative estimate of drug-likeness (QED) is 0.311. The van der Waals surface area contributed by atoms with Crippen molar-refractivity contribution in [2.24, 2.45) is 0 Å². The summed E-state index contributed by atoms with van der Waals surface area (Å²) in [5.74, 6) is 1.26. The topological polar surface area (TPSA) is 68.3 Å². The Kier molecular flexibility index (Phi) is 6.08. The van der Waals surface area contributed by atoms with Crippen LogP contribution in [0.25, 0.3) is 22.2 Å². The van der Waals surface area contributed by atoms with Crippen LogP contribution in [0.4, 0.5) is 0 Å². The van der Waals surface area contributed by atoms with Gasteiger partial charge in [-0.1, -0.05) is 66.7 Å². The lowest BCUT2D eigenvalue weighted by Crippen LogP contribution is -2.23. The van der Waals surface area contributed by atoms with Crippen molar-refractivity contribution in [3.05, 3.63) is 121 Å². The van der Waals surface area contributed by atoms with Crippen molar-refractivity contribution in [2.45, 2.75) is 11.4 Å². The first-order valence-electron chi connectivity index (χ1n) is 10.9. The van der Waals surface area contributed by atoms with E-state index in [2.05, 4.69) is 4.72 Å². The third kappa shape index (κ3) is 4.83. The maximum atomic E-state index is 13.0. The van der Waals surface area contributed by atoms with Gasteiger partial charge >= 0.3 is 0 Å². The lowest BCUT2D eigenvalue weighted by Gasteiger charge is -2.12. The number of hydrogen-bond acceptors (Lipinski definition) is 4. The summed E-state index contributed by atoms with van der Waals surface area (Å²) in [5, 5.41) is 0.913. The minimum Gasteiger partial charge on any atom is -0.457 e. The molecular weight excluding hydrogens is 444 g/mol. The highest BCUT2D eigenvalue weighted by molar-refractivity contribution is 7.89. The molecule has 0 saturated heterocycles. The molecule has 168 valence electrons. The molecule has 5 nitrogen and oxygen atoms in total. The van der Waals surface area contributed by atoms with E-state index in [4.69, 9.17) is 9.72 Å². The van der Waals surface area contributed by atoms with Crippen LogP contribution in [-0.2, 0) is 16.6 Å². The number of fused-ring (bicyclic) bond motifs is 1. The van der Waals surface area contributed by atoms with Crippen LogP contribution in [-0.4, -0.2) is 13.4 Å². The van der Waals surface area contributed by atoms with E-state index in [0.717, 1.165) is 27.7 Å². The van der Waals surface area contributed by atoms with Crippen molar-refractivity contribution < 1.29 is 13.2 Å². The molecule has 34 heavy (non-hydrogen) atoms. The zero-order chi connectivity index (χ0) is 23.4. The van der Waals surface area contributed by atoms with Crippen LogP contribution in [0.15, 0.2) is 120 Å². The molecule has 1 aromatic heterocycles. The fraction of sp³-hybridized carbons (Fsp3) is 0.0357. The van der Waals surface area contributed by atoms with E-state index in [1.807, 2.05) is 91.0 Å². The second-order valence-electron chi connectivity index (χ2n) is 7.76. The van der Waals surface area contributed by atoms with Crippen LogP contribution in [0.2, 0.25) is 0 Å². The van der Waals surface area contributed by atoms with Gasteiger partial charge in [0.2, 0.25) is 10.0 Å². The lowest BCUT2D eigenvalue weighted by molar-refractivity contribution is 0.482. The average molecular weight is 467 g/mol. The van der Waals surface area contributed by atoms with Gasteiger partial charge < -0.3 is 4.74 Å². The van der Waals surface area contributed by atoms with E-state index >= 15 is 0 Å². The van der Waals surface area contributed by atoms with Crippen LogP contribution in [0, 0.1) is 0 Å². The van der Waals surface area contributed by atoms with Crippen LogP contribution in [0.5, 0.6) is 11.5 Å². The second-order valence-corrected chi connectivity index (χ2v) is 9.53. The molecule has 0 saturated carbocycles. The molecule has 0 unspecified atom stereocenters. The Bertz CT molecular complexity index is 1520. The number of benzene rings is 4. The molecule has 4 aromatic carbocycles. The van der Waals surface area contributed by atoms with E-state index in [-0.39, 0.29) is 11.4 Å². The number of pyridine rings is 1. The summed E-state index contributed by atoms with van der Waals surface area (Å²) in [6, 6.07) is 35.3. The Morgan fingerprint density at radius 3 is 2.06 bits per heavy atom. The largest absolute Gasteiger partial charge is 0.457 e. The Morgan fingerprint density at radius 2 is 1.32 bits per heavy atom. The van der Waals surface area contributed by atoms with Gasteiger partial charge in [0.05, 0.1) is 16.1 Å². The average Bonchev–Trinajstić information content (AvgIpc) is 2.88. The number of hydrogen-bond donors (Lipinski definition) is 1. The van der Waals surface area contributed by atoms with Gasteiger partial charge in [-0.25, -0.2) is 18.1 Å². The molecule has 6 heteroatoms. The summed E-state index contributed by atoms with van der Waals surface area (Å²) in [6.45, 7) is 0.146.